The van der Waals surface area contributed by atoms with Gasteiger partial charge in [-0.25, -0.2) is 4.68 Å². The smallest absolute Gasteiger partial charge is 0.160 e. The number of hydrogen-bond acceptors (Lipinski definition) is 4. The fraction of sp³-hybridized carbons (Fsp3) is 0.182. The molecule has 1 aromatic carbocycles. The van der Waals surface area contributed by atoms with Gasteiger partial charge in [-0.3, -0.25) is 4.79 Å². The highest BCUT2D eigenvalue weighted by Gasteiger charge is 2.27. The average Bonchev–Trinajstić information content (AvgIpc) is 2.80. The highest BCUT2D eigenvalue weighted by molar-refractivity contribution is 5.64. The summed E-state index contributed by atoms with van der Waals surface area (Å²) in [7, 11) is 0. The Morgan fingerprint density at radius 1 is 1.38 bits per heavy atom. The van der Waals surface area contributed by atoms with Crippen LogP contribution in [0.4, 0.5) is 0 Å². The molecule has 0 bridgehead atoms. The summed E-state index contributed by atoms with van der Waals surface area (Å²) < 4.78 is 1.44. The van der Waals surface area contributed by atoms with Gasteiger partial charge < -0.3 is 5.11 Å². The standard InChI is InChI=1S/C11H11N3O2/c1-11(16,8-15)10-7-12-13-14(10)9-5-3-2-4-6-9/h2-8,16H,1H3. The van der Waals surface area contributed by atoms with E-state index in [2.05, 4.69) is 10.3 Å². The van der Waals surface area contributed by atoms with E-state index in [1.807, 2.05) is 30.3 Å². The van der Waals surface area contributed by atoms with Crippen LogP contribution in [-0.4, -0.2) is 26.4 Å². The lowest BCUT2D eigenvalue weighted by Crippen LogP contribution is -2.26. The van der Waals surface area contributed by atoms with E-state index in [0.29, 0.717) is 12.0 Å². The molecule has 0 fully saturated rings. The van der Waals surface area contributed by atoms with Gasteiger partial charge in [0.1, 0.15) is 5.69 Å². The maximum atomic E-state index is 10.8. The first-order valence-corrected chi connectivity index (χ1v) is 4.80. The fourth-order valence-corrected chi connectivity index (χ4v) is 1.40. The molecular formula is C11H11N3O2. The van der Waals surface area contributed by atoms with Gasteiger partial charge in [0, 0.05) is 0 Å². The highest BCUT2D eigenvalue weighted by atomic mass is 16.3. The van der Waals surface area contributed by atoms with E-state index >= 15 is 0 Å². The van der Waals surface area contributed by atoms with Crippen molar-refractivity contribution in [1.82, 2.24) is 15.0 Å². The van der Waals surface area contributed by atoms with Crippen molar-refractivity contribution in [2.45, 2.75) is 12.5 Å². The largest absolute Gasteiger partial charge is 0.376 e. The fourth-order valence-electron chi connectivity index (χ4n) is 1.40. The van der Waals surface area contributed by atoms with Crippen molar-refractivity contribution in [1.29, 1.82) is 0 Å². The van der Waals surface area contributed by atoms with Gasteiger partial charge in [0.15, 0.2) is 11.9 Å². The van der Waals surface area contributed by atoms with Crippen LogP contribution in [-0.2, 0) is 10.4 Å². The second-order valence-electron chi connectivity index (χ2n) is 3.63. The number of hydrogen-bond donors (Lipinski definition) is 1. The number of nitrogens with zero attached hydrogens (tertiary/aromatic N) is 3. The summed E-state index contributed by atoms with van der Waals surface area (Å²) in [5, 5.41) is 17.4. The van der Waals surface area contributed by atoms with Crippen molar-refractivity contribution in [2.24, 2.45) is 0 Å². The lowest BCUT2D eigenvalue weighted by atomic mass is 10.1. The first-order chi connectivity index (χ1) is 7.65. The Morgan fingerprint density at radius 3 is 2.69 bits per heavy atom. The maximum absolute atomic E-state index is 10.8. The molecule has 0 aliphatic carbocycles. The summed E-state index contributed by atoms with van der Waals surface area (Å²) in [5.41, 5.74) is -0.495. The summed E-state index contributed by atoms with van der Waals surface area (Å²) in [4.78, 5) is 10.8. The molecule has 0 amide bonds. The van der Waals surface area contributed by atoms with E-state index in [0.717, 1.165) is 5.69 Å². The van der Waals surface area contributed by atoms with Crippen LogP contribution in [0.15, 0.2) is 36.5 Å². The molecule has 1 aromatic heterocycles. The zero-order valence-corrected chi connectivity index (χ0v) is 8.74. The zero-order chi connectivity index (χ0) is 11.6. The first kappa shape index (κ1) is 10.5. The molecular weight excluding hydrogens is 206 g/mol. The number of aliphatic hydroxyl groups is 1. The highest BCUT2D eigenvalue weighted by Crippen LogP contribution is 2.19. The van der Waals surface area contributed by atoms with Crippen LogP contribution in [0, 0.1) is 0 Å². The van der Waals surface area contributed by atoms with Gasteiger partial charge in [-0.05, 0) is 19.1 Å². The minimum atomic E-state index is -1.58. The topological polar surface area (TPSA) is 68.0 Å². The molecule has 1 atom stereocenters. The van der Waals surface area contributed by atoms with E-state index in [-0.39, 0.29) is 0 Å². The second kappa shape index (κ2) is 3.86. The molecule has 1 unspecified atom stereocenters. The van der Waals surface area contributed by atoms with Crippen LogP contribution < -0.4 is 0 Å². The molecule has 0 saturated heterocycles. The lowest BCUT2D eigenvalue weighted by molar-refractivity contribution is -0.123. The minimum absolute atomic E-state index is 0.341. The first-order valence-electron chi connectivity index (χ1n) is 4.80. The number of carbonyl (C=O) groups excluding carboxylic acids is 1. The van der Waals surface area contributed by atoms with Crippen molar-refractivity contribution in [3.05, 3.63) is 42.2 Å². The molecule has 5 heteroatoms. The third kappa shape index (κ3) is 1.72. The van der Waals surface area contributed by atoms with Crippen LogP contribution in [0.5, 0.6) is 0 Å². The van der Waals surface area contributed by atoms with Gasteiger partial charge in [-0.15, -0.1) is 5.10 Å². The summed E-state index contributed by atoms with van der Waals surface area (Å²) in [6.07, 6.45) is 1.84. The van der Waals surface area contributed by atoms with Crippen LogP contribution in [0.3, 0.4) is 0 Å². The molecule has 0 radical (unpaired) electrons. The number of para-hydroxylation sites is 1. The predicted octanol–water partition coefficient (Wildman–Crippen LogP) is 0.674. The Morgan fingerprint density at radius 2 is 2.06 bits per heavy atom. The van der Waals surface area contributed by atoms with Gasteiger partial charge in [-0.1, -0.05) is 23.4 Å². The number of rotatable bonds is 3. The van der Waals surface area contributed by atoms with Gasteiger partial charge >= 0.3 is 0 Å². The molecule has 5 nitrogen and oxygen atoms in total. The van der Waals surface area contributed by atoms with E-state index in [1.54, 1.807) is 0 Å². The van der Waals surface area contributed by atoms with Crippen molar-refractivity contribution in [3.8, 4) is 5.69 Å². The molecule has 1 heterocycles. The summed E-state index contributed by atoms with van der Waals surface area (Å²) in [6, 6.07) is 9.20. The van der Waals surface area contributed by atoms with Crippen molar-refractivity contribution in [2.75, 3.05) is 0 Å². The summed E-state index contributed by atoms with van der Waals surface area (Å²) in [5.74, 6) is 0. The van der Waals surface area contributed by atoms with E-state index in [9.17, 15) is 9.90 Å². The second-order valence-corrected chi connectivity index (χ2v) is 3.63. The Balaban J connectivity index is 2.53. The van der Waals surface area contributed by atoms with E-state index in [4.69, 9.17) is 0 Å². The zero-order valence-electron chi connectivity index (χ0n) is 8.74. The molecule has 0 spiro atoms. The Kier molecular flexibility index (Phi) is 2.54. The quantitative estimate of drug-likeness (QED) is 0.767. The third-order valence-electron chi connectivity index (χ3n) is 2.30. The van der Waals surface area contributed by atoms with E-state index < -0.39 is 5.60 Å². The van der Waals surface area contributed by atoms with Gasteiger partial charge in [0.05, 0.1) is 11.9 Å². The van der Waals surface area contributed by atoms with Crippen molar-refractivity contribution < 1.29 is 9.90 Å². The van der Waals surface area contributed by atoms with Crippen LogP contribution in [0.1, 0.15) is 12.6 Å². The predicted molar refractivity (Wildman–Crippen MR) is 57.0 cm³/mol. The Hall–Kier alpha value is -2.01. The van der Waals surface area contributed by atoms with Crippen molar-refractivity contribution in [3.63, 3.8) is 0 Å². The number of aldehydes is 1. The number of carbonyl (C=O) groups is 1. The monoisotopic (exact) mass is 217 g/mol. The van der Waals surface area contributed by atoms with Crippen LogP contribution >= 0.6 is 0 Å². The molecule has 0 saturated carbocycles. The maximum Gasteiger partial charge on any atom is 0.160 e. The van der Waals surface area contributed by atoms with Gasteiger partial charge in [0.2, 0.25) is 0 Å². The van der Waals surface area contributed by atoms with Crippen molar-refractivity contribution >= 4 is 6.29 Å². The molecule has 82 valence electrons. The average molecular weight is 217 g/mol. The van der Waals surface area contributed by atoms with Crippen LogP contribution in [0.25, 0.3) is 5.69 Å². The SMILES string of the molecule is CC(O)(C=O)c1cnnn1-c1ccccc1. The molecule has 2 aromatic rings. The molecule has 0 aliphatic rings. The normalized spacial score (nSPS) is 14.4. The molecule has 16 heavy (non-hydrogen) atoms. The van der Waals surface area contributed by atoms with E-state index in [1.165, 1.54) is 17.8 Å². The minimum Gasteiger partial charge on any atom is -0.376 e. The summed E-state index contributed by atoms with van der Waals surface area (Å²) in [6.45, 7) is 1.40. The Labute approximate surface area is 92.3 Å². The third-order valence-corrected chi connectivity index (χ3v) is 2.30. The lowest BCUT2D eigenvalue weighted by Gasteiger charge is -2.16. The Bertz CT molecular complexity index is 491. The van der Waals surface area contributed by atoms with Gasteiger partial charge in [-0.2, -0.15) is 0 Å². The van der Waals surface area contributed by atoms with Gasteiger partial charge in [0.25, 0.3) is 0 Å². The van der Waals surface area contributed by atoms with Crippen LogP contribution in [0.2, 0.25) is 0 Å². The molecule has 0 aliphatic heterocycles. The molecule has 2 rings (SSSR count). The number of benzene rings is 1. The number of aromatic nitrogens is 3. The molecule has 1 N–H and O–H groups in total. The summed E-state index contributed by atoms with van der Waals surface area (Å²) >= 11 is 0.